The quantitative estimate of drug-likeness (QED) is 0.0594. The van der Waals surface area contributed by atoms with Crippen molar-refractivity contribution in [3.8, 4) is 5.75 Å². The molecule has 5 rings (SSSR count). The van der Waals surface area contributed by atoms with E-state index in [0.29, 0.717) is 38.8 Å². The Hall–Kier alpha value is -3.06. The lowest BCUT2D eigenvalue weighted by Crippen LogP contribution is -2.42. The molecular weight excluding hydrogens is 647 g/mol. The molecule has 11 heteroatoms. The number of H-pyrrole nitrogens is 1. The molecule has 1 aromatic carbocycles. The van der Waals surface area contributed by atoms with Gasteiger partial charge < -0.3 is 35.3 Å². The molecule has 0 aliphatic heterocycles. The molecule has 1 saturated carbocycles. The van der Waals surface area contributed by atoms with Gasteiger partial charge in [-0.15, -0.1) is 22.7 Å². The van der Waals surface area contributed by atoms with Crippen LogP contribution in [0.3, 0.4) is 0 Å². The smallest absolute Gasteiger partial charge is 0.349 e. The number of aromatic amines is 1. The molecule has 0 saturated heterocycles. The molecule has 1 aliphatic carbocycles. The molecule has 1 atom stereocenters. The second kappa shape index (κ2) is 17.6. The molecule has 5 N–H and O–H groups in total. The highest BCUT2D eigenvalue weighted by Crippen LogP contribution is 2.38. The molecule has 0 spiro atoms. The lowest BCUT2D eigenvalue weighted by Gasteiger charge is -2.35. The summed E-state index contributed by atoms with van der Waals surface area (Å²) in [4.78, 5) is 31.2. The summed E-state index contributed by atoms with van der Waals surface area (Å²) in [7, 11) is 2.21. The van der Waals surface area contributed by atoms with Crippen LogP contribution in [0.2, 0.25) is 0 Å². The molecule has 1 fully saturated rings. The maximum atomic E-state index is 13.3. The zero-order valence-electron chi connectivity index (χ0n) is 27.7. The number of aromatic nitrogens is 1. The first kappa shape index (κ1) is 36.2. The number of aliphatic hydroxyl groups excluding tert-OH is 1. The number of hydrogen-bond donors (Lipinski definition) is 5. The molecule has 4 aromatic rings. The van der Waals surface area contributed by atoms with E-state index in [0.717, 1.165) is 51.6 Å². The van der Waals surface area contributed by atoms with E-state index in [2.05, 4.69) is 22.2 Å². The Kier molecular flexibility index (Phi) is 13.2. The van der Waals surface area contributed by atoms with Crippen LogP contribution >= 0.6 is 22.7 Å². The molecule has 260 valence electrons. The Morgan fingerprint density at radius 1 is 0.958 bits per heavy atom. The van der Waals surface area contributed by atoms with Gasteiger partial charge in [0.1, 0.15) is 11.9 Å². The van der Waals surface area contributed by atoms with Crippen molar-refractivity contribution in [3.05, 3.63) is 85.0 Å². The van der Waals surface area contributed by atoms with Crippen LogP contribution in [-0.4, -0.2) is 70.0 Å². The van der Waals surface area contributed by atoms with Crippen LogP contribution in [0.5, 0.6) is 5.75 Å². The Bertz CT molecular complexity index is 1580. The zero-order valence-corrected chi connectivity index (χ0v) is 29.4. The molecule has 1 aliphatic rings. The fourth-order valence-electron chi connectivity index (χ4n) is 6.71. The number of carbonyl (C=O) groups excluding carboxylic acids is 1. The first-order valence-corrected chi connectivity index (χ1v) is 19.0. The summed E-state index contributed by atoms with van der Waals surface area (Å²) in [5, 5.41) is 40.0. The monoisotopic (exact) mass is 695 g/mol. The summed E-state index contributed by atoms with van der Waals surface area (Å²) in [6.45, 7) is 2.32. The molecule has 0 radical (unpaired) electrons. The average Bonchev–Trinajstić information content (AvgIpc) is 3.84. The van der Waals surface area contributed by atoms with Gasteiger partial charge in [0.05, 0.1) is 21.4 Å². The fraction of sp³-hybridized carbons (Fsp3) is 0.514. The lowest BCUT2D eigenvalue weighted by molar-refractivity contribution is -0.169. The van der Waals surface area contributed by atoms with Gasteiger partial charge in [0.15, 0.2) is 0 Å². The van der Waals surface area contributed by atoms with Gasteiger partial charge in [-0.1, -0.05) is 50.3 Å². The zero-order chi connectivity index (χ0) is 33.9. The van der Waals surface area contributed by atoms with E-state index in [1.165, 1.54) is 66.9 Å². The van der Waals surface area contributed by atoms with Gasteiger partial charge in [-0.25, -0.2) is 4.79 Å². The van der Waals surface area contributed by atoms with E-state index in [-0.39, 0.29) is 17.4 Å². The highest BCUT2D eigenvalue weighted by Gasteiger charge is 2.45. The van der Waals surface area contributed by atoms with E-state index >= 15 is 0 Å². The van der Waals surface area contributed by atoms with Gasteiger partial charge >= 0.3 is 5.97 Å². The number of benzene rings is 1. The van der Waals surface area contributed by atoms with Crippen molar-refractivity contribution in [1.29, 1.82) is 0 Å². The van der Waals surface area contributed by atoms with Gasteiger partial charge in [-0.2, -0.15) is 0 Å². The Labute approximate surface area is 290 Å². The Balaban J connectivity index is 0.899. The molecule has 3 aromatic heterocycles. The van der Waals surface area contributed by atoms with Crippen LogP contribution in [0.25, 0.3) is 10.9 Å². The van der Waals surface area contributed by atoms with Crippen molar-refractivity contribution < 1.29 is 24.9 Å². The van der Waals surface area contributed by atoms with Crippen molar-refractivity contribution >= 4 is 39.5 Å². The summed E-state index contributed by atoms with van der Waals surface area (Å²) in [6.07, 6.45) is 11.0. The number of phenols is 1. The number of fused-ring (bicyclic) bond motifs is 1. The Morgan fingerprint density at radius 3 is 2.25 bits per heavy atom. The van der Waals surface area contributed by atoms with E-state index in [1.54, 1.807) is 24.3 Å². The van der Waals surface area contributed by atoms with Crippen molar-refractivity contribution in [2.45, 2.75) is 94.5 Å². The third-order valence-electron chi connectivity index (χ3n) is 9.56. The van der Waals surface area contributed by atoms with Crippen LogP contribution in [0, 0.1) is 0 Å². The first-order valence-electron chi connectivity index (χ1n) is 17.2. The summed E-state index contributed by atoms with van der Waals surface area (Å²) < 4.78 is 5.92. The SMILES string of the molecule is CN(CCCCCCCCCNC[C@@H](O)c1ccc(O)c2[nH]c(=O)ccc12)C1CCC(OC(=O)C(O)(c2cccs2)c2cccs2)CC1. The maximum Gasteiger partial charge on any atom is 0.349 e. The predicted octanol–water partition coefficient (Wildman–Crippen LogP) is 6.43. The van der Waals surface area contributed by atoms with Crippen LogP contribution in [-0.2, 0) is 15.1 Å². The van der Waals surface area contributed by atoms with Gasteiger partial charge in [-0.3, -0.25) is 4.79 Å². The molecule has 0 bridgehead atoms. The number of esters is 1. The van der Waals surface area contributed by atoms with Gasteiger partial charge in [0, 0.05) is 24.0 Å². The highest BCUT2D eigenvalue weighted by atomic mass is 32.1. The number of hydrogen-bond acceptors (Lipinski definition) is 10. The number of thiophene rings is 2. The number of nitrogens with one attached hydrogen (secondary N) is 2. The van der Waals surface area contributed by atoms with Gasteiger partial charge in [0.25, 0.3) is 0 Å². The second-order valence-electron chi connectivity index (χ2n) is 13.0. The molecule has 0 amide bonds. The summed E-state index contributed by atoms with van der Waals surface area (Å²) >= 11 is 2.73. The molecule has 3 heterocycles. The number of unbranched alkanes of at least 4 members (excludes halogenated alkanes) is 6. The van der Waals surface area contributed by atoms with Crippen molar-refractivity contribution in [1.82, 2.24) is 15.2 Å². The van der Waals surface area contributed by atoms with E-state index < -0.39 is 17.7 Å². The average molecular weight is 696 g/mol. The summed E-state index contributed by atoms with van der Waals surface area (Å²) in [6, 6.07) is 14.0. The van der Waals surface area contributed by atoms with Crippen molar-refractivity contribution in [2.75, 3.05) is 26.7 Å². The lowest BCUT2D eigenvalue weighted by atomic mass is 9.91. The standard InChI is InChI=1S/C37H49N3O6S2/c1-40(26-13-15-27(16-14-26)46-36(44)37(45,32-11-9-23-47-32)33-12-10-24-48-33)22-8-6-4-2-3-5-7-21-38-25-31(42)28-17-19-30(41)35-29(28)18-20-34(43)39-35/h9-12,17-20,23-24,26-27,31,38,41-42,45H,2-8,13-16,21-22,25H2,1H3,(H,39,43)/t26?,27?,31-/m1/s1. The number of aromatic hydroxyl groups is 1. The number of pyridine rings is 1. The second-order valence-corrected chi connectivity index (χ2v) is 14.9. The number of phenolic OH excluding ortho intramolecular Hbond substituents is 1. The molecular formula is C37H49N3O6S2. The predicted molar refractivity (Wildman–Crippen MR) is 193 cm³/mol. The number of nitrogens with zero attached hydrogens (tertiary/aromatic N) is 1. The normalized spacial score (nSPS) is 17.6. The minimum Gasteiger partial charge on any atom is -0.506 e. The third kappa shape index (κ3) is 9.13. The van der Waals surface area contributed by atoms with Gasteiger partial charge in [0.2, 0.25) is 11.2 Å². The summed E-state index contributed by atoms with van der Waals surface area (Å²) in [5.41, 5.74) is -1.00. The largest absolute Gasteiger partial charge is 0.506 e. The molecule has 0 unspecified atom stereocenters. The van der Waals surface area contributed by atoms with E-state index in [1.807, 2.05) is 22.9 Å². The minimum atomic E-state index is -1.74. The van der Waals surface area contributed by atoms with Crippen LogP contribution in [0.1, 0.15) is 92.1 Å². The summed E-state index contributed by atoms with van der Waals surface area (Å²) in [5.74, 6) is -0.576. The third-order valence-corrected chi connectivity index (χ3v) is 11.5. The molecule has 9 nitrogen and oxygen atoms in total. The number of carbonyl (C=O) groups is 1. The van der Waals surface area contributed by atoms with Crippen LogP contribution in [0.4, 0.5) is 0 Å². The van der Waals surface area contributed by atoms with Crippen molar-refractivity contribution in [2.24, 2.45) is 0 Å². The van der Waals surface area contributed by atoms with E-state index in [9.17, 15) is 24.9 Å². The molecule has 48 heavy (non-hydrogen) atoms. The first-order chi connectivity index (χ1) is 23.3. The topological polar surface area (TPSA) is 135 Å². The van der Waals surface area contributed by atoms with Crippen molar-refractivity contribution in [3.63, 3.8) is 0 Å². The maximum absolute atomic E-state index is 13.3. The van der Waals surface area contributed by atoms with Crippen LogP contribution in [0.15, 0.2) is 64.1 Å². The fourth-order valence-corrected chi connectivity index (χ4v) is 8.42. The minimum absolute atomic E-state index is 0.00566. The number of ether oxygens (including phenoxy) is 1. The highest BCUT2D eigenvalue weighted by molar-refractivity contribution is 7.12. The number of rotatable bonds is 18. The van der Waals surface area contributed by atoms with Crippen LogP contribution < -0.4 is 10.9 Å². The van der Waals surface area contributed by atoms with Gasteiger partial charge in [-0.05, 0) is 99.3 Å². The number of aliphatic hydroxyl groups is 2. The Morgan fingerprint density at radius 2 is 1.60 bits per heavy atom. The van der Waals surface area contributed by atoms with E-state index in [4.69, 9.17) is 4.74 Å².